The number of fused-ring (bicyclic) bond motifs is 1. The summed E-state index contributed by atoms with van der Waals surface area (Å²) in [5.74, 6) is -0.173. The number of nitrogens with zero attached hydrogens (tertiary/aromatic N) is 2. The number of hydrogen-bond donors (Lipinski definition) is 1. The van der Waals surface area contributed by atoms with Crippen molar-refractivity contribution in [2.24, 2.45) is 0 Å². The molecule has 162 valence electrons. The van der Waals surface area contributed by atoms with E-state index >= 15 is 0 Å². The molecule has 3 aromatic rings. The summed E-state index contributed by atoms with van der Waals surface area (Å²) in [6.07, 6.45) is 5.77. The third-order valence-corrected chi connectivity index (χ3v) is 5.92. The number of methoxy groups -OCH3 is 1. The quantitative estimate of drug-likeness (QED) is 0.602. The molecule has 0 amide bonds. The summed E-state index contributed by atoms with van der Waals surface area (Å²) in [5, 5.41) is 0.430. The summed E-state index contributed by atoms with van der Waals surface area (Å²) in [6.45, 7) is 1.12. The average Bonchev–Trinajstić information content (AvgIpc) is 2.79. The summed E-state index contributed by atoms with van der Waals surface area (Å²) in [5.41, 5.74) is 1.60. The minimum Gasteiger partial charge on any atom is -0.465 e. The molecule has 7 heteroatoms. The number of ether oxygens (including phenoxy) is 1. The van der Waals surface area contributed by atoms with Crippen LogP contribution in [-0.4, -0.2) is 34.0 Å². The van der Waals surface area contributed by atoms with Gasteiger partial charge in [-0.25, -0.2) is 14.2 Å². The van der Waals surface area contributed by atoms with Crippen LogP contribution in [0.4, 0.5) is 4.39 Å². The van der Waals surface area contributed by atoms with Crippen LogP contribution in [0, 0.1) is 5.82 Å². The van der Waals surface area contributed by atoms with Crippen molar-refractivity contribution < 1.29 is 13.9 Å². The Bertz CT molecular complexity index is 1120. The largest absolute Gasteiger partial charge is 0.465 e. The average molecular weight is 423 g/mol. The van der Waals surface area contributed by atoms with Crippen LogP contribution in [0.5, 0.6) is 0 Å². The first kappa shape index (κ1) is 21.2. The molecule has 0 spiro atoms. The number of carbonyl (C=O) groups is 1. The number of esters is 1. The molecule has 0 aliphatic heterocycles. The Kier molecular flexibility index (Phi) is 6.42. The first-order valence-electron chi connectivity index (χ1n) is 10.6. The monoisotopic (exact) mass is 423 g/mol. The number of carbonyl (C=O) groups excluding carboxylic acids is 1. The van der Waals surface area contributed by atoms with Crippen LogP contribution in [0.25, 0.3) is 10.9 Å². The van der Waals surface area contributed by atoms with Crippen molar-refractivity contribution in [3.8, 4) is 0 Å². The van der Waals surface area contributed by atoms with Crippen molar-refractivity contribution in [3.63, 3.8) is 0 Å². The smallest absolute Gasteiger partial charge is 0.337 e. The second-order valence-corrected chi connectivity index (χ2v) is 8.06. The van der Waals surface area contributed by atoms with Crippen molar-refractivity contribution in [3.05, 3.63) is 75.6 Å². The summed E-state index contributed by atoms with van der Waals surface area (Å²) in [7, 11) is 1.32. The molecule has 1 fully saturated rings. The maximum atomic E-state index is 13.3. The van der Waals surface area contributed by atoms with Crippen LogP contribution in [-0.2, 0) is 17.8 Å². The van der Waals surface area contributed by atoms with Gasteiger partial charge in [-0.05, 0) is 48.7 Å². The number of rotatable bonds is 6. The van der Waals surface area contributed by atoms with E-state index in [4.69, 9.17) is 4.74 Å². The van der Waals surface area contributed by atoms with E-state index in [9.17, 15) is 14.0 Å². The van der Waals surface area contributed by atoms with Crippen molar-refractivity contribution in [1.29, 1.82) is 0 Å². The lowest BCUT2D eigenvalue weighted by Gasteiger charge is -2.34. The van der Waals surface area contributed by atoms with E-state index in [1.165, 1.54) is 38.5 Å². The molecule has 1 N–H and O–H groups in total. The maximum Gasteiger partial charge on any atom is 0.337 e. The number of H-pyrrole nitrogens is 1. The van der Waals surface area contributed by atoms with E-state index in [1.54, 1.807) is 30.3 Å². The Labute approximate surface area is 180 Å². The van der Waals surface area contributed by atoms with Crippen molar-refractivity contribution >= 4 is 16.9 Å². The van der Waals surface area contributed by atoms with E-state index in [1.807, 2.05) is 0 Å². The topological polar surface area (TPSA) is 75.3 Å². The maximum absolute atomic E-state index is 13.3. The second kappa shape index (κ2) is 9.39. The first-order valence-corrected chi connectivity index (χ1v) is 10.6. The van der Waals surface area contributed by atoms with Gasteiger partial charge >= 0.3 is 5.97 Å². The van der Waals surface area contributed by atoms with Gasteiger partial charge in [-0.2, -0.15) is 0 Å². The van der Waals surface area contributed by atoms with Gasteiger partial charge < -0.3 is 9.72 Å². The lowest BCUT2D eigenvalue weighted by atomic mass is 9.93. The van der Waals surface area contributed by atoms with Gasteiger partial charge in [-0.3, -0.25) is 9.69 Å². The molecule has 0 radical (unpaired) electrons. The predicted octanol–water partition coefficient (Wildman–Crippen LogP) is 4.18. The number of halogens is 1. The Hall–Kier alpha value is -3.06. The molecule has 2 aromatic carbocycles. The Morgan fingerprint density at radius 1 is 1.13 bits per heavy atom. The van der Waals surface area contributed by atoms with Crippen LogP contribution < -0.4 is 5.56 Å². The van der Waals surface area contributed by atoms with Gasteiger partial charge in [-0.15, -0.1) is 0 Å². The lowest BCUT2D eigenvalue weighted by Crippen LogP contribution is -2.36. The molecular formula is C24H26FN3O3. The van der Waals surface area contributed by atoms with Gasteiger partial charge in [0, 0.05) is 12.6 Å². The second-order valence-electron chi connectivity index (χ2n) is 8.06. The Morgan fingerprint density at radius 2 is 1.87 bits per heavy atom. The zero-order valence-electron chi connectivity index (χ0n) is 17.6. The third kappa shape index (κ3) is 4.99. The number of nitrogens with one attached hydrogen (secondary N) is 1. The normalized spacial score (nSPS) is 14.8. The number of aromatic nitrogens is 2. The molecule has 0 unspecified atom stereocenters. The van der Waals surface area contributed by atoms with Gasteiger partial charge in [-0.1, -0.05) is 31.4 Å². The van der Waals surface area contributed by atoms with E-state index in [0.29, 0.717) is 41.4 Å². The highest BCUT2D eigenvalue weighted by Gasteiger charge is 2.23. The molecule has 0 atom stereocenters. The van der Waals surface area contributed by atoms with E-state index in [2.05, 4.69) is 14.9 Å². The molecule has 0 saturated heterocycles. The molecule has 31 heavy (non-hydrogen) atoms. The van der Waals surface area contributed by atoms with E-state index < -0.39 is 5.97 Å². The van der Waals surface area contributed by atoms with Crippen molar-refractivity contribution in [2.75, 3.05) is 7.11 Å². The van der Waals surface area contributed by atoms with Crippen LogP contribution in [0.1, 0.15) is 53.8 Å². The predicted molar refractivity (Wildman–Crippen MR) is 116 cm³/mol. The van der Waals surface area contributed by atoms with E-state index in [-0.39, 0.29) is 11.4 Å². The molecule has 1 aliphatic carbocycles. The van der Waals surface area contributed by atoms with E-state index in [0.717, 1.165) is 18.4 Å². The lowest BCUT2D eigenvalue weighted by molar-refractivity contribution is 0.0601. The van der Waals surface area contributed by atoms with Crippen LogP contribution >= 0.6 is 0 Å². The SMILES string of the molecule is COC(=O)c1ccc2c(=O)[nH]c(CN(Cc3ccc(F)cc3)C3CCCCC3)nc2c1. The van der Waals surface area contributed by atoms with Crippen LogP contribution in [0.2, 0.25) is 0 Å². The number of hydrogen-bond acceptors (Lipinski definition) is 5. The first-order chi connectivity index (χ1) is 15.0. The Morgan fingerprint density at radius 3 is 2.58 bits per heavy atom. The fourth-order valence-electron chi connectivity index (χ4n) is 4.28. The van der Waals surface area contributed by atoms with Crippen molar-refractivity contribution in [1.82, 2.24) is 14.9 Å². The van der Waals surface area contributed by atoms with Gasteiger partial charge in [0.2, 0.25) is 0 Å². The molecular weight excluding hydrogens is 397 g/mol. The van der Waals surface area contributed by atoms with Crippen LogP contribution in [0.15, 0.2) is 47.3 Å². The van der Waals surface area contributed by atoms with Crippen LogP contribution in [0.3, 0.4) is 0 Å². The van der Waals surface area contributed by atoms with Gasteiger partial charge in [0.05, 0.1) is 30.1 Å². The molecule has 6 nitrogen and oxygen atoms in total. The standard InChI is InChI=1S/C24H26FN3O3/c1-31-24(30)17-9-12-20-21(13-17)26-22(27-23(20)29)15-28(19-5-3-2-4-6-19)14-16-7-10-18(25)11-8-16/h7-13,19H,2-6,14-15H2,1H3,(H,26,27,29). The fourth-order valence-corrected chi connectivity index (χ4v) is 4.28. The summed E-state index contributed by atoms with van der Waals surface area (Å²) >= 11 is 0. The Balaban J connectivity index is 1.65. The molecule has 1 heterocycles. The fraction of sp³-hybridized carbons (Fsp3) is 0.375. The third-order valence-electron chi connectivity index (χ3n) is 5.92. The molecule has 1 aliphatic rings. The van der Waals surface area contributed by atoms with Gasteiger partial charge in [0.1, 0.15) is 11.6 Å². The highest BCUT2D eigenvalue weighted by molar-refractivity contribution is 5.93. The summed E-state index contributed by atoms with van der Waals surface area (Å²) < 4.78 is 18.1. The minimum absolute atomic E-state index is 0.234. The molecule has 1 aromatic heterocycles. The molecule has 0 bridgehead atoms. The highest BCUT2D eigenvalue weighted by Crippen LogP contribution is 2.25. The minimum atomic E-state index is -0.467. The molecule has 1 saturated carbocycles. The number of benzene rings is 2. The molecule has 4 rings (SSSR count). The highest BCUT2D eigenvalue weighted by atomic mass is 19.1. The van der Waals surface area contributed by atoms with Gasteiger partial charge in [0.25, 0.3) is 5.56 Å². The zero-order chi connectivity index (χ0) is 21.8. The van der Waals surface area contributed by atoms with Crippen molar-refractivity contribution in [2.45, 2.75) is 51.2 Å². The zero-order valence-corrected chi connectivity index (χ0v) is 17.6. The summed E-state index contributed by atoms with van der Waals surface area (Å²) in [6, 6.07) is 11.7. The number of aromatic amines is 1. The summed E-state index contributed by atoms with van der Waals surface area (Å²) in [4.78, 5) is 34.3. The van der Waals surface area contributed by atoms with Gasteiger partial charge in [0.15, 0.2) is 0 Å².